The third kappa shape index (κ3) is 5.07. The lowest BCUT2D eigenvalue weighted by molar-refractivity contribution is -0.130. The highest BCUT2D eigenvalue weighted by atomic mass is 79.9. The number of benzene rings is 1. The van der Waals surface area contributed by atoms with E-state index in [1.54, 1.807) is 14.1 Å². The van der Waals surface area contributed by atoms with Crippen LogP contribution < -0.4 is 5.32 Å². The highest BCUT2D eigenvalue weighted by Gasteiger charge is 2.13. The number of hydrogen-bond donors (Lipinski definition) is 1. The van der Waals surface area contributed by atoms with Gasteiger partial charge >= 0.3 is 0 Å². The minimum Gasteiger partial charge on any atom is -0.411 e. The van der Waals surface area contributed by atoms with Crippen LogP contribution in [0.15, 0.2) is 38.4 Å². The van der Waals surface area contributed by atoms with E-state index >= 15 is 0 Å². The number of amides is 2. The molecule has 1 N–H and O–H groups in total. The average molecular weight is 399 g/mol. The first kappa shape index (κ1) is 17.5. The van der Waals surface area contributed by atoms with Crippen molar-refractivity contribution in [1.29, 1.82) is 0 Å². The van der Waals surface area contributed by atoms with Crippen LogP contribution in [0.3, 0.4) is 0 Å². The number of likely N-dealkylation sites (N-methyl/N-ethyl adjacent to an activating group) is 1. The van der Waals surface area contributed by atoms with E-state index in [4.69, 9.17) is 4.42 Å². The first-order chi connectivity index (χ1) is 11.0. The van der Waals surface area contributed by atoms with Crippen molar-refractivity contribution in [2.75, 3.05) is 26.4 Å². The Morgan fingerprint density at radius 2 is 2.04 bits per heavy atom. The smallest absolute Gasteiger partial charge is 0.277 e. The summed E-state index contributed by atoms with van der Waals surface area (Å²) in [6, 6.07) is 7.48. The van der Waals surface area contributed by atoms with Crippen LogP contribution in [0.4, 0.5) is 0 Å². The molecular weight excluding hydrogens is 384 g/mol. The number of halogens is 1. The summed E-state index contributed by atoms with van der Waals surface area (Å²) in [5.74, 6) is 0.0320. The molecule has 0 fully saturated rings. The second-order valence-corrected chi connectivity index (χ2v) is 6.49. The number of nitrogens with zero attached hydrogens (tertiary/aromatic N) is 3. The fourth-order valence-corrected chi connectivity index (χ4v) is 2.57. The number of nitrogens with one attached hydrogen (secondary N) is 1. The number of thioether (sulfide) groups is 1. The molecule has 0 aliphatic heterocycles. The topological polar surface area (TPSA) is 88.3 Å². The molecule has 2 amide bonds. The van der Waals surface area contributed by atoms with E-state index in [0.717, 1.165) is 21.8 Å². The number of rotatable bonds is 6. The Bertz CT molecular complexity index is 705. The highest BCUT2D eigenvalue weighted by molar-refractivity contribution is 9.10. The van der Waals surface area contributed by atoms with Gasteiger partial charge in [0.05, 0.1) is 17.9 Å². The molecule has 0 radical (unpaired) electrons. The molecule has 0 atom stereocenters. The number of carbonyl (C=O) groups excluding carboxylic acids is 2. The van der Waals surface area contributed by atoms with Crippen molar-refractivity contribution in [3.8, 4) is 11.5 Å². The van der Waals surface area contributed by atoms with Crippen molar-refractivity contribution in [2.24, 2.45) is 0 Å². The minimum atomic E-state index is -0.272. The lowest BCUT2D eigenvalue weighted by Gasteiger charge is -2.10. The molecule has 7 nitrogen and oxygen atoms in total. The lowest BCUT2D eigenvalue weighted by Crippen LogP contribution is -2.36. The summed E-state index contributed by atoms with van der Waals surface area (Å²) in [6.45, 7) is -0.0293. The van der Waals surface area contributed by atoms with Gasteiger partial charge in [-0.1, -0.05) is 23.9 Å². The van der Waals surface area contributed by atoms with Crippen LogP contribution >= 0.6 is 27.7 Å². The molecule has 2 rings (SSSR count). The Labute approximate surface area is 146 Å². The Morgan fingerprint density at radius 3 is 2.74 bits per heavy atom. The van der Waals surface area contributed by atoms with Gasteiger partial charge in [0, 0.05) is 18.6 Å². The second-order valence-electron chi connectivity index (χ2n) is 4.71. The normalized spacial score (nSPS) is 10.4. The zero-order chi connectivity index (χ0) is 16.8. The lowest BCUT2D eigenvalue weighted by atomic mass is 10.2. The molecule has 122 valence electrons. The fraction of sp³-hybridized carbons (Fsp3) is 0.286. The first-order valence-electron chi connectivity index (χ1n) is 6.65. The highest BCUT2D eigenvalue weighted by Crippen LogP contribution is 2.28. The van der Waals surface area contributed by atoms with E-state index in [-0.39, 0.29) is 24.1 Å². The van der Waals surface area contributed by atoms with Crippen LogP contribution in [0.2, 0.25) is 0 Å². The Balaban J connectivity index is 1.87. The number of hydrogen-bond acceptors (Lipinski definition) is 6. The molecule has 0 aliphatic rings. The van der Waals surface area contributed by atoms with Crippen LogP contribution in [0, 0.1) is 0 Å². The van der Waals surface area contributed by atoms with E-state index < -0.39 is 0 Å². The van der Waals surface area contributed by atoms with E-state index in [1.165, 1.54) is 4.90 Å². The molecule has 1 aromatic heterocycles. The van der Waals surface area contributed by atoms with Gasteiger partial charge in [-0.25, -0.2) is 0 Å². The van der Waals surface area contributed by atoms with E-state index in [1.807, 2.05) is 24.3 Å². The molecule has 9 heteroatoms. The Kier molecular flexibility index (Phi) is 6.17. The molecule has 0 aliphatic carbocycles. The number of aromatic nitrogens is 2. The predicted molar refractivity (Wildman–Crippen MR) is 89.9 cm³/mol. The van der Waals surface area contributed by atoms with E-state index in [0.29, 0.717) is 11.1 Å². The van der Waals surface area contributed by atoms with Crippen LogP contribution in [0.5, 0.6) is 0 Å². The van der Waals surface area contributed by atoms with Crippen molar-refractivity contribution < 1.29 is 14.0 Å². The van der Waals surface area contributed by atoms with Crippen LogP contribution in [-0.4, -0.2) is 53.3 Å². The van der Waals surface area contributed by atoms with Crippen molar-refractivity contribution in [2.45, 2.75) is 5.22 Å². The summed E-state index contributed by atoms with van der Waals surface area (Å²) in [7, 11) is 3.26. The molecule has 1 heterocycles. The largest absolute Gasteiger partial charge is 0.411 e. The monoisotopic (exact) mass is 398 g/mol. The predicted octanol–water partition coefficient (Wildman–Crippen LogP) is 1.80. The maximum Gasteiger partial charge on any atom is 0.277 e. The van der Waals surface area contributed by atoms with Gasteiger partial charge < -0.3 is 14.6 Å². The van der Waals surface area contributed by atoms with Gasteiger partial charge in [0.25, 0.3) is 5.22 Å². The molecule has 0 unspecified atom stereocenters. The van der Waals surface area contributed by atoms with Crippen molar-refractivity contribution >= 4 is 39.5 Å². The van der Waals surface area contributed by atoms with Crippen LogP contribution in [-0.2, 0) is 9.59 Å². The van der Waals surface area contributed by atoms with Crippen molar-refractivity contribution in [1.82, 2.24) is 20.4 Å². The minimum absolute atomic E-state index is 0.0293. The van der Waals surface area contributed by atoms with Crippen molar-refractivity contribution in [3.63, 3.8) is 0 Å². The summed E-state index contributed by atoms with van der Waals surface area (Å²) >= 11 is 4.53. The molecular formula is C14H15BrN4O3S. The third-order valence-electron chi connectivity index (χ3n) is 2.77. The average Bonchev–Trinajstić information content (AvgIpc) is 2.99. The van der Waals surface area contributed by atoms with Gasteiger partial charge in [-0.15, -0.1) is 10.2 Å². The quantitative estimate of drug-likeness (QED) is 0.746. The Hall–Kier alpha value is -1.87. The van der Waals surface area contributed by atoms with Gasteiger partial charge in [0.1, 0.15) is 0 Å². The molecule has 0 spiro atoms. The van der Waals surface area contributed by atoms with Crippen LogP contribution in [0.1, 0.15) is 0 Å². The fourth-order valence-electron chi connectivity index (χ4n) is 1.52. The van der Waals surface area contributed by atoms with Gasteiger partial charge in [0.15, 0.2) is 0 Å². The summed E-state index contributed by atoms with van der Waals surface area (Å²) < 4.78 is 6.37. The summed E-state index contributed by atoms with van der Waals surface area (Å²) in [5, 5.41) is 10.7. The zero-order valence-corrected chi connectivity index (χ0v) is 15.0. The van der Waals surface area contributed by atoms with Crippen molar-refractivity contribution in [3.05, 3.63) is 28.7 Å². The zero-order valence-electron chi connectivity index (χ0n) is 12.6. The second kappa shape index (κ2) is 8.11. The molecule has 23 heavy (non-hydrogen) atoms. The van der Waals surface area contributed by atoms with Gasteiger partial charge in [-0.3, -0.25) is 9.59 Å². The molecule has 1 aromatic carbocycles. The summed E-state index contributed by atoms with van der Waals surface area (Å²) in [4.78, 5) is 24.5. The van der Waals surface area contributed by atoms with E-state index in [9.17, 15) is 9.59 Å². The maximum atomic E-state index is 11.7. The maximum absolute atomic E-state index is 11.7. The van der Waals surface area contributed by atoms with Gasteiger partial charge in [-0.05, 0) is 28.1 Å². The first-order valence-corrected chi connectivity index (χ1v) is 8.43. The molecule has 0 saturated heterocycles. The molecule has 0 bridgehead atoms. The third-order valence-corrected chi connectivity index (χ3v) is 4.28. The SMILES string of the molecule is CN(C)C(=O)CNC(=O)CSc1nnc(-c2ccccc2Br)o1. The Morgan fingerprint density at radius 1 is 1.30 bits per heavy atom. The van der Waals surface area contributed by atoms with Gasteiger partial charge in [0.2, 0.25) is 17.7 Å². The summed E-state index contributed by atoms with van der Waals surface area (Å²) in [6.07, 6.45) is 0. The number of carbonyl (C=O) groups is 2. The van der Waals surface area contributed by atoms with Crippen LogP contribution in [0.25, 0.3) is 11.5 Å². The van der Waals surface area contributed by atoms with E-state index in [2.05, 4.69) is 31.4 Å². The molecule has 0 saturated carbocycles. The summed E-state index contributed by atoms with van der Waals surface area (Å²) in [5.41, 5.74) is 0.785. The van der Waals surface area contributed by atoms with Gasteiger partial charge in [-0.2, -0.15) is 0 Å². The molecule has 2 aromatic rings. The standard InChI is InChI=1S/C14H15BrN4O3S/c1-19(2)12(21)7-16-11(20)8-23-14-18-17-13(22-14)9-5-3-4-6-10(9)15/h3-6H,7-8H2,1-2H3,(H,16,20).